The number of aromatic amines is 1. The van der Waals surface area contributed by atoms with Crippen LogP contribution < -0.4 is 9.47 Å². The molecule has 0 amide bonds. The molecule has 1 aromatic heterocycles. The Morgan fingerprint density at radius 2 is 1.85 bits per heavy atom. The fourth-order valence-corrected chi connectivity index (χ4v) is 7.19. The first-order valence-corrected chi connectivity index (χ1v) is 13.2. The molecule has 2 aromatic carbocycles. The SMILES string of the molecule is COc1ccc(CN(C2CCSCC2)S(=O)(=O)c2c[nH]c3cccc(C(F)(F)F)c23)c(OC)c1. The number of aromatic nitrogens is 1. The molecule has 184 valence electrons. The normalized spacial score (nSPS) is 15.7. The Labute approximate surface area is 200 Å². The lowest BCUT2D eigenvalue weighted by atomic mass is 10.1. The second-order valence-electron chi connectivity index (χ2n) is 7.95. The fraction of sp³-hybridized carbons (Fsp3) is 0.391. The van der Waals surface area contributed by atoms with E-state index < -0.39 is 21.8 Å². The molecule has 0 aliphatic carbocycles. The average molecular weight is 515 g/mol. The lowest BCUT2D eigenvalue weighted by Gasteiger charge is -2.33. The van der Waals surface area contributed by atoms with E-state index in [1.807, 2.05) is 0 Å². The van der Waals surface area contributed by atoms with Crippen molar-refractivity contribution in [3.8, 4) is 11.5 Å². The summed E-state index contributed by atoms with van der Waals surface area (Å²) < 4.78 is 81.3. The smallest absolute Gasteiger partial charge is 0.417 e. The van der Waals surface area contributed by atoms with Gasteiger partial charge in [0.2, 0.25) is 10.0 Å². The molecule has 0 radical (unpaired) electrons. The summed E-state index contributed by atoms with van der Waals surface area (Å²) in [6.07, 6.45) is -2.32. The minimum absolute atomic E-state index is 0.0360. The number of ether oxygens (including phenoxy) is 2. The molecule has 1 saturated heterocycles. The molecule has 0 unspecified atom stereocenters. The zero-order valence-electron chi connectivity index (χ0n) is 18.7. The summed E-state index contributed by atoms with van der Waals surface area (Å²) in [5.41, 5.74) is -0.262. The van der Waals surface area contributed by atoms with Gasteiger partial charge in [-0.2, -0.15) is 29.2 Å². The Hall–Kier alpha value is -2.37. The maximum absolute atomic E-state index is 14.0. The first kappa shape index (κ1) is 24.7. The van der Waals surface area contributed by atoms with Crippen LogP contribution in [0, 0.1) is 0 Å². The number of methoxy groups -OCH3 is 2. The second-order valence-corrected chi connectivity index (χ2v) is 11.0. The molecular formula is C23H25F3N2O4S2. The maximum Gasteiger partial charge on any atom is 0.417 e. The van der Waals surface area contributed by atoms with Crippen molar-refractivity contribution in [1.82, 2.24) is 9.29 Å². The molecule has 1 aliphatic heterocycles. The third-order valence-electron chi connectivity index (χ3n) is 5.98. The van der Waals surface area contributed by atoms with Crippen LogP contribution in [0.2, 0.25) is 0 Å². The number of hydrogen-bond acceptors (Lipinski definition) is 5. The van der Waals surface area contributed by atoms with Gasteiger partial charge in [-0.25, -0.2) is 8.42 Å². The topological polar surface area (TPSA) is 71.6 Å². The number of thioether (sulfide) groups is 1. The number of H-pyrrole nitrogens is 1. The lowest BCUT2D eigenvalue weighted by molar-refractivity contribution is -0.136. The van der Waals surface area contributed by atoms with Gasteiger partial charge in [0, 0.05) is 41.3 Å². The molecule has 4 rings (SSSR count). The fourth-order valence-electron chi connectivity index (χ4n) is 4.25. The van der Waals surface area contributed by atoms with Crippen molar-refractivity contribution in [3.63, 3.8) is 0 Å². The first-order chi connectivity index (χ1) is 16.2. The number of hydrogen-bond donors (Lipinski definition) is 1. The molecule has 3 aromatic rings. The van der Waals surface area contributed by atoms with Gasteiger partial charge in [-0.05, 0) is 42.5 Å². The Bertz CT molecular complexity index is 1270. The number of fused-ring (bicyclic) bond motifs is 1. The van der Waals surface area contributed by atoms with E-state index in [-0.39, 0.29) is 28.4 Å². The van der Waals surface area contributed by atoms with Crippen molar-refractivity contribution in [2.24, 2.45) is 0 Å². The summed E-state index contributed by atoms with van der Waals surface area (Å²) >= 11 is 1.73. The zero-order chi connectivity index (χ0) is 24.5. The Morgan fingerprint density at radius 3 is 2.50 bits per heavy atom. The van der Waals surface area contributed by atoms with Crippen LogP contribution in [0.1, 0.15) is 24.0 Å². The number of nitrogens with zero attached hydrogens (tertiary/aromatic N) is 1. The molecule has 2 heterocycles. The highest BCUT2D eigenvalue weighted by molar-refractivity contribution is 7.99. The van der Waals surface area contributed by atoms with E-state index in [4.69, 9.17) is 9.47 Å². The van der Waals surface area contributed by atoms with E-state index in [0.717, 1.165) is 23.8 Å². The van der Waals surface area contributed by atoms with Crippen LogP contribution in [0.4, 0.5) is 13.2 Å². The van der Waals surface area contributed by atoms with Crippen LogP contribution in [-0.2, 0) is 22.7 Å². The van der Waals surface area contributed by atoms with E-state index in [1.54, 1.807) is 30.0 Å². The number of halogens is 3. The molecular weight excluding hydrogens is 489 g/mol. The highest BCUT2D eigenvalue weighted by Gasteiger charge is 2.39. The van der Waals surface area contributed by atoms with Crippen molar-refractivity contribution in [3.05, 3.63) is 53.7 Å². The maximum atomic E-state index is 14.0. The Morgan fingerprint density at radius 1 is 1.12 bits per heavy atom. The zero-order valence-corrected chi connectivity index (χ0v) is 20.3. The van der Waals surface area contributed by atoms with Crippen LogP contribution in [0.3, 0.4) is 0 Å². The minimum Gasteiger partial charge on any atom is -0.497 e. The summed E-state index contributed by atoms with van der Waals surface area (Å²) in [6.45, 7) is -0.0360. The Balaban J connectivity index is 1.84. The summed E-state index contributed by atoms with van der Waals surface area (Å²) in [6, 6.07) is 8.34. The van der Waals surface area contributed by atoms with E-state index >= 15 is 0 Å². The van der Waals surface area contributed by atoms with Gasteiger partial charge in [0.1, 0.15) is 16.4 Å². The standard InChI is InChI=1S/C23H25F3N2O4S2/c1-31-17-7-6-15(20(12-17)32-2)14-28(16-8-10-33-11-9-16)34(29,30)21-13-27-19-5-3-4-18(22(19)21)23(24,25)26/h3-7,12-13,16,27H,8-11,14H2,1-2H3. The highest BCUT2D eigenvalue weighted by Crippen LogP contribution is 2.40. The molecule has 1 aliphatic rings. The third kappa shape index (κ3) is 4.73. The second kappa shape index (κ2) is 9.71. The predicted octanol–water partition coefficient (Wildman–Crippen LogP) is 5.29. The van der Waals surface area contributed by atoms with Crippen LogP contribution in [-0.4, -0.2) is 49.5 Å². The molecule has 0 atom stereocenters. The van der Waals surface area contributed by atoms with Gasteiger partial charge < -0.3 is 14.5 Å². The van der Waals surface area contributed by atoms with E-state index in [1.165, 1.54) is 30.7 Å². The van der Waals surface area contributed by atoms with Crippen LogP contribution in [0.25, 0.3) is 10.9 Å². The van der Waals surface area contributed by atoms with Gasteiger partial charge >= 0.3 is 6.18 Å². The van der Waals surface area contributed by atoms with Gasteiger partial charge in [-0.15, -0.1) is 0 Å². The number of nitrogens with one attached hydrogen (secondary N) is 1. The van der Waals surface area contributed by atoms with Crippen LogP contribution >= 0.6 is 11.8 Å². The van der Waals surface area contributed by atoms with Gasteiger partial charge in [-0.3, -0.25) is 0 Å². The first-order valence-electron chi connectivity index (χ1n) is 10.6. The number of alkyl halides is 3. The molecule has 1 N–H and O–H groups in total. The molecule has 1 fully saturated rings. The predicted molar refractivity (Wildman–Crippen MR) is 126 cm³/mol. The number of rotatable bonds is 7. The monoisotopic (exact) mass is 514 g/mol. The van der Waals surface area contributed by atoms with Crippen molar-refractivity contribution in [2.75, 3.05) is 25.7 Å². The molecule has 0 bridgehead atoms. The van der Waals surface area contributed by atoms with Crippen molar-refractivity contribution in [2.45, 2.75) is 36.5 Å². The van der Waals surface area contributed by atoms with Crippen LogP contribution in [0.15, 0.2) is 47.5 Å². The molecule has 0 saturated carbocycles. The van der Waals surface area contributed by atoms with Gasteiger partial charge in [0.25, 0.3) is 0 Å². The summed E-state index contributed by atoms with van der Waals surface area (Å²) in [4.78, 5) is 2.34. The summed E-state index contributed by atoms with van der Waals surface area (Å²) in [5, 5.41) is -0.341. The van der Waals surface area contributed by atoms with Gasteiger partial charge in [-0.1, -0.05) is 12.1 Å². The summed E-state index contributed by atoms with van der Waals surface area (Å²) in [5.74, 6) is 2.55. The van der Waals surface area contributed by atoms with E-state index in [2.05, 4.69) is 4.98 Å². The summed E-state index contributed by atoms with van der Waals surface area (Å²) in [7, 11) is -1.31. The van der Waals surface area contributed by atoms with Crippen molar-refractivity contribution in [1.29, 1.82) is 0 Å². The van der Waals surface area contributed by atoms with Crippen molar-refractivity contribution < 1.29 is 31.1 Å². The van der Waals surface area contributed by atoms with Crippen LogP contribution in [0.5, 0.6) is 11.5 Å². The van der Waals surface area contributed by atoms with E-state index in [0.29, 0.717) is 29.9 Å². The lowest BCUT2D eigenvalue weighted by Crippen LogP contribution is -2.41. The van der Waals surface area contributed by atoms with Gasteiger partial charge in [0.05, 0.1) is 19.8 Å². The largest absolute Gasteiger partial charge is 0.497 e. The van der Waals surface area contributed by atoms with Crippen molar-refractivity contribution >= 4 is 32.7 Å². The quantitative estimate of drug-likeness (QED) is 0.464. The Kier molecular flexibility index (Phi) is 7.07. The molecule has 34 heavy (non-hydrogen) atoms. The highest BCUT2D eigenvalue weighted by atomic mass is 32.2. The molecule has 0 spiro atoms. The van der Waals surface area contributed by atoms with Gasteiger partial charge in [0.15, 0.2) is 0 Å². The average Bonchev–Trinajstić information content (AvgIpc) is 3.27. The minimum atomic E-state index is -4.70. The number of sulfonamides is 1. The number of benzene rings is 2. The molecule has 11 heteroatoms. The van der Waals surface area contributed by atoms with E-state index in [9.17, 15) is 21.6 Å². The third-order valence-corrected chi connectivity index (χ3v) is 8.95. The molecule has 6 nitrogen and oxygen atoms in total.